The largest absolute Gasteiger partial charge is 0.438 e. The van der Waals surface area contributed by atoms with Crippen LogP contribution in [0.1, 0.15) is 53.4 Å². The standard InChI is InChI=1S/C19H22N2O4S/c22-19(20-16-9-8-14-6-2-3-7-15(14)16)17-10-11-18(25-17)26(23,24)21-12-4-1-5-13-21/h2-3,6-7,10-11,16H,1,4-5,8-9,12-13H2,(H,20,22). The van der Waals surface area contributed by atoms with Crippen molar-refractivity contribution in [3.8, 4) is 0 Å². The quantitative estimate of drug-likeness (QED) is 0.892. The Hall–Kier alpha value is -2.12. The third-order valence-electron chi connectivity index (χ3n) is 5.15. The lowest BCUT2D eigenvalue weighted by Gasteiger charge is -2.24. The Morgan fingerprint density at radius 2 is 1.85 bits per heavy atom. The molecule has 1 saturated heterocycles. The van der Waals surface area contributed by atoms with E-state index in [1.54, 1.807) is 0 Å². The van der Waals surface area contributed by atoms with Crippen LogP contribution in [0.25, 0.3) is 0 Å². The summed E-state index contributed by atoms with van der Waals surface area (Å²) >= 11 is 0. The van der Waals surface area contributed by atoms with Crippen molar-refractivity contribution in [1.82, 2.24) is 9.62 Å². The predicted octanol–water partition coefficient (Wildman–Crippen LogP) is 2.87. The zero-order chi connectivity index (χ0) is 18.1. The Labute approximate surface area is 153 Å². The van der Waals surface area contributed by atoms with E-state index >= 15 is 0 Å². The van der Waals surface area contributed by atoms with E-state index in [1.165, 1.54) is 22.0 Å². The number of benzene rings is 1. The molecule has 1 aromatic heterocycles. The van der Waals surface area contributed by atoms with Crippen molar-refractivity contribution in [2.24, 2.45) is 0 Å². The molecule has 1 unspecified atom stereocenters. The average molecular weight is 374 g/mol. The molecule has 2 aliphatic rings. The molecule has 1 N–H and O–H groups in total. The molecule has 1 atom stereocenters. The van der Waals surface area contributed by atoms with Crippen LogP contribution in [0.3, 0.4) is 0 Å². The second kappa shape index (κ2) is 6.89. The third-order valence-corrected chi connectivity index (χ3v) is 6.93. The minimum Gasteiger partial charge on any atom is -0.438 e. The maximum absolute atomic E-state index is 12.6. The van der Waals surface area contributed by atoms with Gasteiger partial charge in [-0.3, -0.25) is 4.79 Å². The number of amides is 1. The van der Waals surface area contributed by atoms with Gasteiger partial charge in [-0.05, 0) is 48.9 Å². The second-order valence-corrected chi connectivity index (χ2v) is 8.72. The molecule has 0 spiro atoms. The van der Waals surface area contributed by atoms with Crippen molar-refractivity contribution in [3.63, 3.8) is 0 Å². The molecule has 7 heteroatoms. The third kappa shape index (κ3) is 3.17. The molecule has 1 aliphatic heterocycles. The number of carbonyl (C=O) groups is 1. The van der Waals surface area contributed by atoms with Crippen molar-refractivity contribution in [1.29, 1.82) is 0 Å². The summed E-state index contributed by atoms with van der Waals surface area (Å²) in [6.45, 7) is 1.01. The van der Waals surface area contributed by atoms with E-state index in [4.69, 9.17) is 4.42 Å². The SMILES string of the molecule is O=C(NC1CCc2ccccc21)c1ccc(S(=O)(=O)N2CCCCC2)o1. The van der Waals surface area contributed by atoms with Crippen LogP contribution >= 0.6 is 0 Å². The lowest BCUT2D eigenvalue weighted by Crippen LogP contribution is -2.35. The number of piperidine rings is 1. The number of nitrogens with zero attached hydrogens (tertiary/aromatic N) is 1. The first kappa shape index (κ1) is 17.3. The van der Waals surface area contributed by atoms with Crippen LogP contribution < -0.4 is 5.32 Å². The Bertz CT molecular complexity index is 913. The molecule has 0 saturated carbocycles. The van der Waals surface area contributed by atoms with Crippen LogP contribution in [0.15, 0.2) is 45.9 Å². The molecule has 138 valence electrons. The van der Waals surface area contributed by atoms with Crippen LogP contribution in [-0.2, 0) is 16.4 Å². The number of sulfonamides is 1. The van der Waals surface area contributed by atoms with Gasteiger partial charge in [-0.15, -0.1) is 0 Å². The molecule has 0 bridgehead atoms. The van der Waals surface area contributed by atoms with Gasteiger partial charge in [-0.2, -0.15) is 4.31 Å². The molecular weight excluding hydrogens is 352 g/mol. The highest BCUT2D eigenvalue weighted by atomic mass is 32.2. The number of hydrogen-bond acceptors (Lipinski definition) is 4. The molecule has 1 aromatic carbocycles. The summed E-state index contributed by atoms with van der Waals surface area (Å²) in [5.74, 6) is -0.350. The molecular formula is C19H22N2O4S. The maximum Gasteiger partial charge on any atom is 0.287 e. The summed E-state index contributed by atoms with van der Waals surface area (Å²) in [4.78, 5) is 12.5. The van der Waals surface area contributed by atoms with E-state index in [9.17, 15) is 13.2 Å². The molecule has 1 fully saturated rings. The van der Waals surface area contributed by atoms with Gasteiger partial charge < -0.3 is 9.73 Å². The first-order valence-corrected chi connectivity index (χ1v) is 10.5. The van der Waals surface area contributed by atoms with Crippen LogP contribution in [0.4, 0.5) is 0 Å². The molecule has 26 heavy (non-hydrogen) atoms. The number of carbonyl (C=O) groups excluding carboxylic acids is 1. The number of rotatable bonds is 4. The summed E-state index contributed by atoms with van der Waals surface area (Å²) in [5, 5.41) is 2.80. The van der Waals surface area contributed by atoms with Gasteiger partial charge in [0, 0.05) is 13.1 Å². The number of aryl methyl sites for hydroxylation is 1. The van der Waals surface area contributed by atoms with E-state index in [2.05, 4.69) is 11.4 Å². The molecule has 2 heterocycles. The Morgan fingerprint density at radius 3 is 2.65 bits per heavy atom. The number of fused-ring (bicyclic) bond motifs is 1. The van der Waals surface area contributed by atoms with E-state index in [-0.39, 0.29) is 22.8 Å². The van der Waals surface area contributed by atoms with Gasteiger partial charge in [-0.1, -0.05) is 30.7 Å². The van der Waals surface area contributed by atoms with Crippen LogP contribution in [0.2, 0.25) is 0 Å². The molecule has 1 amide bonds. The lowest BCUT2D eigenvalue weighted by molar-refractivity contribution is 0.0903. The monoisotopic (exact) mass is 374 g/mol. The Kier molecular flexibility index (Phi) is 4.58. The van der Waals surface area contributed by atoms with Gasteiger partial charge in [0.2, 0.25) is 5.09 Å². The fourth-order valence-electron chi connectivity index (χ4n) is 3.75. The van der Waals surface area contributed by atoms with E-state index in [1.807, 2.05) is 18.2 Å². The summed E-state index contributed by atoms with van der Waals surface area (Å²) < 4.78 is 32.1. The van der Waals surface area contributed by atoms with Crippen molar-refractivity contribution >= 4 is 15.9 Å². The topological polar surface area (TPSA) is 79.6 Å². The second-order valence-electron chi connectivity index (χ2n) is 6.85. The van der Waals surface area contributed by atoms with Gasteiger partial charge in [0.1, 0.15) is 0 Å². The van der Waals surface area contributed by atoms with E-state index in [0.29, 0.717) is 13.1 Å². The Balaban J connectivity index is 1.49. The lowest BCUT2D eigenvalue weighted by atomic mass is 10.1. The molecule has 4 rings (SSSR count). The first-order valence-electron chi connectivity index (χ1n) is 9.04. The number of nitrogens with one attached hydrogen (secondary N) is 1. The zero-order valence-electron chi connectivity index (χ0n) is 14.5. The highest BCUT2D eigenvalue weighted by Crippen LogP contribution is 2.31. The summed E-state index contributed by atoms with van der Waals surface area (Å²) in [6, 6.07) is 10.8. The zero-order valence-corrected chi connectivity index (χ0v) is 15.3. The van der Waals surface area contributed by atoms with Crippen molar-refractivity contribution < 1.29 is 17.6 Å². The highest BCUT2D eigenvalue weighted by molar-refractivity contribution is 7.89. The van der Waals surface area contributed by atoms with E-state index in [0.717, 1.165) is 37.7 Å². The minimum atomic E-state index is -3.66. The summed E-state index contributed by atoms with van der Waals surface area (Å²) in [7, 11) is -3.66. The van der Waals surface area contributed by atoms with Crippen molar-refractivity contribution in [2.45, 2.75) is 43.2 Å². The van der Waals surface area contributed by atoms with Gasteiger partial charge in [0.25, 0.3) is 15.9 Å². The molecule has 0 radical (unpaired) electrons. The van der Waals surface area contributed by atoms with Gasteiger partial charge >= 0.3 is 0 Å². The van der Waals surface area contributed by atoms with E-state index < -0.39 is 10.0 Å². The molecule has 2 aromatic rings. The number of hydrogen-bond donors (Lipinski definition) is 1. The fraction of sp³-hybridized carbons (Fsp3) is 0.421. The summed E-state index contributed by atoms with van der Waals surface area (Å²) in [6.07, 6.45) is 4.52. The van der Waals surface area contributed by atoms with Gasteiger partial charge in [0.05, 0.1) is 6.04 Å². The smallest absolute Gasteiger partial charge is 0.287 e. The minimum absolute atomic E-state index is 0.0324. The van der Waals surface area contributed by atoms with Crippen LogP contribution in [0.5, 0.6) is 0 Å². The maximum atomic E-state index is 12.6. The normalized spacial score (nSPS) is 20.7. The predicted molar refractivity (Wildman–Crippen MR) is 96.3 cm³/mol. The van der Waals surface area contributed by atoms with Crippen LogP contribution in [0, 0.1) is 0 Å². The average Bonchev–Trinajstić information content (AvgIpc) is 3.31. The highest BCUT2D eigenvalue weighted by Gasteiger charge is 2.30. The van der Waals surface area contributed by atoms with Crippen molar-refractivity contribution in [3.05, 3.63) is 53.3 Å². The Morgan fingerprint density at radius 1 is 1.08 bits per heavy atom. The molecule has 6 nitrogen and oxygen atoms in total. The number of furan rings is 1. The fourth-order valence-corrected chi connectivity index (χ4v) is 5.18. The first-order chi connectivity index (χ1) is 12.6. The van der Waals surface area contributed by atoms with Gasteiger partial charge in [-0.25, -0.2) is 8.42 Å². The molecule has 1 aliphatic carbocycles. The van der Waals surface area contributed by atoms with Crippen molar-refractivity contribution in [2.75, 3.05) is 13.1 Å². The summed E-state index contributed by atoms with van der Waals surface area (Å²) in [5.41, 5.74) is 2.36. The van der Waals surface area contributed by atoms with Gasteiger partial charge in [0.15, 0.2) is 5.76 Å². The van der Waals surface area contributed by atoms with Crippen LogP contribution in [-0.4, -0.2) is 31.7 Å².